The van der Waals surface area contributed by atoms with Gasteiger partial charge in [0, 0.05) is 22.9 Å². The van der Waals surface area contributed by atoms with Crippen LogP contribution in [0.25, 0.3) is 10.6 Å². The Balaban J connectivity index is 2.07. The highest BCUT2D eigenvalue weighted by atomic mass is 32.1. The molecule has 1 heterocycles. The second-order valence-electron chi connectivity index (χ2n) is 5.12. The predicted molar refractivity (Wildman–Crippen MR) is 79.4 cm³/mol. The number of carbonyl (C=O) groups is 1. The van der Waals surface area contributed by atoms with Crippen molar-refractivity contribution >= 4 is 17.6 Å². The third-order valence-electron chi connectivity index (χ3n) is 2.86. The van der Waals surface area contributed by atoms with Gasteiger partial charge in [0.15, 0.2) is 0 Å². The first-order valence-electron chi connectivity index (χ1n) is 6.29. The first kappa shape index (κ1) is 13.9. The molecule has 0 atom stereocenters. The van der Waals surface area contributed by atoms with E-state index in [4.69, 9.17) is 0 Å². The molecule has 0 saturated heterocycles. The maximum atomic E-state index is 10.4. The Morgan fingerprint density at radius 1 is 1.32 bits per heavy atom. The van der Waals surface area contributed by atoms with E-state index in [-0.39, 0.29) is 5.54 Å². The minimum atomic E-state index is -0.122. The van der Waals surface area contributed by atoms with E-state index >= 15 is 0 Å². The first-order valence-corrected chi connectivity index (χ1v) is 7.17. The zero-order valence-electron chi connectivity index (χ0n) is 11.2. The molecule has 0 spiro atoms. The number of hydrogen-bond donors (Lipinski definition) is 1. The van der Waals surface area contributed by atoms with E-state index in [1.54, 1.807) is 11.3 Å². The van der Waals surface area contributed by atoms with E-state index in [2.05, 4.69) is 41.7 Å². The first-order chi connectivity index (χ1) is 9.11. The average molecular weight is 274 g/mol. The molecule has 0 bridgehead atoms. The molecule has 2 rings (SSSR count). The van der Waals surface area contributed by atoms with Crippen LogP contribution >= 0.6 is 11.3 Å². The second kappa shape index (κ2) is 6.08. The highest BCUT2D eigenvalue weighted by Crippen LogP contribution is 2.24. The van der Waals surface area contributed by atoms with Crippen LogP contribution in [0.2, 0.25) is 0 Å². The number of carbonyl (C=O) groups excluding carboxylic acids is 1. The molecule has 0 unspecified atom stereocenters. The molecule has 100 valence electrons. The highest BCUT2D eigenvalue weighted by molar-refractivity contribution is 7.13. The van der Waals surface area contributed by atoms with E-state index in [9.17, 15) is 4.79 Å². The maximum absolute atomic E-state index is 10.4. The SMILES string of the molecule is CC(C)(Cc1csc(-c2ccccc2)n1)NCC=O. The third kappa shape index (κ3) is 3.98. The van der Waals surface area contributed by atoms with E-state index in [1.807, 2.05) is 18.2 Å². The van der Waals surface area contributed by atoms with Gasteiger partial charge >= 0.3 is 0 Å². The summed E-state index contributed by atoms with van der Waals surface area (Å²) in [5.41, 5.74) is 2.09. The Hall–Kier alpha value is -1.52. The van der Waals surface area contributed by atoms with Crippen LogP contribution in [0.4, 0.5) is 0 Å². The zero-order valence-corrected chi connectivity index (χ0v) is 12.0. The molecule has 0 amide bonds. The minimum absolute atomic E-state index is 0.122. The number of rotatable bonds is 6. The van der Waals surface area contributed by atoms with E-state index in [1.165, 1.54) is 0 Å². The molecule has 1 N–H and O–H groups in total. The van der Waals surface area contributed by atoms with Crippen molar-refractivity contribution in [3.63, 3.8) is 0 Å². The lowest BCUT2D eigenvalue weighted by atomic mass is 9.99. The summed E-state index contributed by atoms with van der Waals surface area (Å²) >= 11 is 1.66. The lowest BCUT2D eigenvalue weighted by Gasteiger charge is -2.24. The highest BCUT2D eigenvalue weighted by Gasteiger charge is 2.19. The van der Waals surface area contributed by atoms with Crippen molar-refractivity contribution in [3.05, 3.63) is 41.4 Å². The number of nitrogens with zero attached hydrogens (tertiary/aromatic N) is 1. The number of aldehydes is 1. The quantitative estimate of drug-likeness (QED) is 0.824. The molecule has 0 fully saturated rings. The van der Waals surface area contributed by atoms with Gasteiger partial charge in [0.25, 0.3) is 0 Å². The third-order valence-corrected chi connectivity index (χ3v) is 3.80. The molecule has 19 heavy (non-hydrogen) atoms. The number of aromatic nitrogens is 1. The van der Waals surface area contributed by atoms with Crippen LogP contribution < -0.4 is 5.32 Å². The monoisotopic (exact) mass is 274 g/mol. The fraction of sp³-hybridized carbons (Fsp3) is 0.333. The topological polar surface area (TPSA) is 42.0 Å². The summed E-state index contributed by atoms with van der Waals surface area (Å²) in [6, 6.07) is 10.2. The van der Waals surface area contributed by atoms with E-state index < -0.39 is 0 Å². The Morgan fingerprint density at radius 3 is 2.74 bits per heavy atom. The fourth-order valence-electron chi connectivity index (χ4n) is 1.93. The van der Waals surface area contributed by atoms with Gasteiger partial charge in [-0.1, -0.05) is 30.3 Å². The molecule has 0 aliphatic carbocycles. The van der Waals surface area contributed by atoms with Crippen LogP contribution in [-0.4, -0.2) is 23.4 Å². The van der Waals surface area contributed by atoms with Crippen molar-refractivity contribution in [2.24, 2.45) is 0 Å². The van der Waals surface area contributed by atoms with Gasteiger partial charge in [-0.15, -0.1) is 11.3 Å². The summed E-state index contributed by atoms with van der Waals surface area (Å²) in [7, 11) is 0. The van der Waals surface area contributed by atoms with Crippen molar-refractivity contribution in [2.45, 2.75) is 25.8 Å². The van der Waals surface area contributed by atoms with Crippen molar-refractivity contribution < 1.29 is 4.79 Å². The lowest BCUT2D eigenvalue weighted by Crippen LogP contribution is -2.42. The molecular weight excluding hydrogens is 256 g/mol. The van der Waals surface area contributed by atoms with Gasteiger partial charge in [-0.25, -0.2) is 4.98 Å². The van der Waals surface area contributed by atoms with Gasteiger partial charge in [-0.3, -0.25) is 0 Å². The van der Waals surface area contributed by atoms with E-state index in [0.717, 1.165) is 29.0 Å². The van der Waals surface area contributed by atoms with Crippen LogP contribution in [-0.2, 0) is 11.2 Å². The number of benzene rings is 1. The molecule has 2 aromatic rings. The summed E-state index contributed by atoms with van der Waals surface area (Å²) < 4.78 is 0. The molecule has 0 aliphatic heterocycles. The summed E-state index contributed by atoms with van der Waals surface area (Å²) in [6.45, 7) is 4.54. The number of thiazole rings is 1. The molecule has 0 saturated carbocycles. The summed E-state index contributed by atoms with van der Waals surface area (Å²) in [4.78, 5) is 15.1. The minimum Gasteiger partial charge on any atom is -0.305 e. The molecule has 0 radical (unpaired) electrons. The molecule has 0 aliphatic rings. The molecule has 3 nitrogen and oxygen atoms in total. The molecule has 4 heteroatoms. The predicted octanol–water partition coefficient (Wildman–Crippen LogP) is 2.92. The van der Waals surface area contributed by atoms with E-state index in [0.29, 0.717) is 6.54 Å². The molecule has 1 aromatic heterocycles. The summed E-state index contributed by atoms with van der Waals surface area (Å²) in [6.07, 6.45) is 1.70. The fourth-order valence-corrected chi connectivity index (χ4v) is 2.76. The van der Waals surface area contributed by atoms with Crippen LogP contribution in [0.1, 0.15) is 19.5 Å². The van der Waals surface area contributed by atoms with Gasteiger partial charge in [0.05, 0.1) is 12.2 Å². The molecular formula is C15H18N2OS. The number of nitrogens with one attached hydrogen (secondary N) is 1. The number of hydrogen-bond acceptors (Lipinski definition) is 4. The van der Waals surface area contributed by atoms with Crippen LogP contribution in [0, 0.1) is 0 Å². The second-order valence-corrected chi connectivity index (χ2v) is 5.98. The van der Waals surface area contributed by atoms with Crippen molar-refractivity contribution in [3.8, 4) is 10.6 Å². The van der Waals surface area contributed by atoms with Gasteiger partial charge in [0.1, 0.15) is 11.3 Å². The molecule has 1 aromatic carbocycles. The van der Waals surface area contributed by atoms with Gasteiger partial charge in [0.2, 0.25) is 0 Å². The smallest absolute Gasteiger partial charge is 0.133 e. The standard InChI is InChI=1S/C15H18N2OS/c1-15(2,16-8-9-18)10-13-11-19-14(17-13)12-6-4-3-5-7-12/h3-7,9,11,16H,8,10H2,1-2H3. The Kier molecular flexibility index (Phi) is 4.45. The average Bonchev–Trinajstić information content (AvgIpc) is 2.85. The Labute approximate surface area is 117 Å². The largest absolute Gasteiger partial charge is 0.305 e. The van der Waals surface area contributed by atoms with Gasteiger partial charge in [-0.2, -0.15) is 0 Å². The van der Waals surface area contributed by atoms with Gasteiger partial charge in [-0.05, 0) is 13.8 Å². The summed E-state index contributed by atoms with van der Waals surface area (Å²) in [5.74, 6) is 0. The normalized spacial score (nSPS) is 11.5. The van der Waals surface area contributed by atoms with Crippen molar-refractivity contribution in [2.75, 3.05) is 6.54 Å². The lowest BCUT2D eigenvalue weighted by molar-refractivity contribution is -0.107. The Morgan fingerprint density at radius 2 is 2.05 bits per heavy atom. The van der Waals surface area contributed by atoms with Crippen LogP contribution in [0.15, 0.2) is 35.7 Å². The maximum Gasteiger partial charge on any atom is 0.133 e. The zero-order chi connectivity index (χ0) is 13.7. The van der Waals surface area contributed by atoms with Gasteiger partial charge < -0.3 is 10.1 Å². The summed E-state index contributed by atoms with van der Waals surface area (Å²) in [5, 5.41) is 6.34. The van der Waals surface area contributed by atoms with Crippen LogP contribution in [0.3, 0.4) is 0 Å². The van der Waals surface area contributed by atoms with Crippen molar-refractivity contribution in [1.29, 1.82) is 0 Å². The van der Waals surface area contributed by atoms with Crippen LogP contribution in [0.5, 0.6) is 0 Å². The Bertz CT molecular complexity index is 534. The van der Waals surface area contributed by atoms with Crippen molar-refractivity contribution in [1.82, 2.24) is 10.3 Å².